The van der Waals surface area contributed by atoms with Crippen molar-refractivity contribution in [3.8, 4) is 0 Å². The standard InChI is InChI=1S/C9H13ClN2O3/c1-11-2-4-12(5-3-11)7-6(10)8(13)15-9(7)14/h9,14H,2-5H2,1H3. The molecule has 0 bridgehead atoms. The van der Waals surface area contributed by atoms with Gasteiger partial charge < -0.3 is 19.6 Å². The molecule has 1 unspecified atom stereocenters. The molecule has 0 radical (unpaired) electrons. The molecule has 0 spiro atoms. The highest BCUT2D eigenvalue weighted by molar-refractivity contribution is 6.42. The van der Waals surface area contributed by atoms with Gasteiger partial charge in [-0.15, -0.1) is 0 Å². The third-order valence-electron chi connectivity index (χ3n) is 2.70. The van der Waals surface area contributed by atoms with Crippen LogP contribution in [0.5, 0.6) is 0 Å². The number of rotatable bonds is 1. The number of carbonyl (C=O) groups is 1. The molecule has 0 aromatic rings. The SMILES string of the molecule is CN1CCN(C2=C(Cl)C(=O)OC2O)CC1. The van der Waals surface area contributed by atoms with Crippen LogP contribution in [-0.2, 0) is 9.53 Å². The zero-order valence-electron chi connectivity index (χ0n) is 8.44. The monoisotopic (exact) mass is 232 g/mol. The number of aliphatic hydroxyl groups is 1. The summed E-state index contributed by atoms with van der Waals surface area (Å²) in [5.41, 5.74) is 0.412. The first kappa shape index (κ1) is 10.7. The summed E-state index contributed by atoms with van der Waals surface area (Å²) >= 11 is 5.78. The summed E-state index contributed by atoms with van der Waals surface area (Å²) in [7, 11) is 2.03. The number of likely N-dealkylation sites (N-methyl/N-ethyl adjacent to an activating group) is 1. The summed E-state index contributed by atoms with van der Waals surface area (Å²) in [6, 6.07) is 0. The maximum Gasteiger partial charge on any atom is 0.354 e. The Hall–Kier alpha value is -0.780. The Labute approximate surface area is 92.8 Å². The predicted molar refractivity (Wildman–Crippen MR) is 54.0 cm³/mol. The van der Waals surface area contributed by atoms with E-state index in [1.807, 2.05) is 11.9 Å². The first-order valence-electron chi connectivity index (χ1n) is 4.82. The molecule has 0 aromatic heterocycles. The van der Waals surface area contributed by atoms with Crippen molar-refractivity contribution in [3.05, 3.63) is 10.7 Å². The van der Waals surface area contributed by atoms with Gasteiger partial charge in [0.05, 0.1) is 0 Å². The Bertz CT molecular complexity index is 310. The Morgan fingerprint density at radius 1 is 1.40 bits per heavy atom. The van der Waals surface area contributed by atoms with E-state index in [-0.39, 0.29) is 5.03 Å². The van der Waals surface area contributed by atoms with Gasteiger partial charge in [0.1, 0.15) is 5.70 Å². The minimum absolute atomic E-state index is 0.00653. The van der Waals surface area contributed by atoms with Crippen LogP contribution in [0.2, 0.25) is 0 Å². The van der Waals surface area contributed by atoms with Crippen molar-refractivity contribution in [2.75, 3.05) is 33.2 Å². The van der Waals surface area contributed by atoms with E-state index in [0.717, 1.165) is 26.2 Å². The molecule has 1 atom stereocenters. The molecule has 5 nitrogen and oxygen atoms in total. The summed E-state index contributed by atoms with van der Waals surface area (Å²) in [6.07, 6.45) is -1.20. The van der Waals surface area contributed by atoms with E-state index >= 15 is 0 Å². The number of hydrogen-bond acceptors (Lipinski definition) is 5. The lowest BCUT2D eigenvalue weighted by Crippen LogP contribution is -2.45. The van der Waals surface area contributed by atoms with Crippen LogP contribution in [0.15, 0.2) is 10.7 Å². The van der Waals surface area contributed by atoms with E-state index in [9.17, 15) is 9.90 Å². The largest absolute Gasteiger partial charge is 0.425 e. The van der Waals surface area contributed by atoms with Crippen molar-refractivity contribution in [1.29, 1.82) is 0 Å². The first-order chi connectivity index (χ1) is 7.09. The smallest absolute Gasteiger partial charge is 0.354 e. The lowest BCUT2D eigenvalue weighted by atomic mass is 10.3. The molecule has 2 aliphatic heterocycles. The number of hydrogen-bond donors (Lipinski definition) is 1. The predicted octanol–water partition coefficient (Wildman–Crippen LogP) is -0.441. The van der Waals surface area contributed by atoms with Crippen molar-refractivity contribution in [3.63, 3.8) is 0 Å². The van der Waals surface area contributed by atoms with Crippen molar-refractivity contribution in [2.45, 2.75) is 6.29 Å². The Morgan fingerprint density at radius 3 is 2.47 bits per heavy atom. The van der Waals surface area contributed by atoms with Crippen LogP contribution < -0.4 is 0 Å². The molecular formula is C9H13ClN2O3. The van der Waals surface area contributed by atoms with E-state index in [2.05, 4.69) is 9.64 Å². The lowest BCUT2D eigenvalue weighted by Gasteiger charge is -2.35. The zero-order valence-corrected chi connectivity index (χ0v) is 9.20. The van der Waals surface area contributed by atoms with Crippen LogP contribution in [-0.4, -0.2) is 60.4 Å². The van der Waals surface area contributed by atoms with Gasteiger partial charge in [-0.1, -0.05) is 11.6 Å². The van der Waals surface area contributed by atoms with Gasteiger partial charge in [-0.3, -0.25) is 0 Å². The van der Waals surface area contributed by atoms with Gasteiger partial charge in [0.15, 0.2) is 5.03 Å². The van der Waals surface area contributed by atoms with E-state index < -0.39 is 12.3 Å². The molecule has 1 saturated heterocycles. The molecule has 2 rings (SSSR count). The molecule has 2 heterocycles. The van der Waals surface area contributed by atoms with Crippen LogP contribution in [0.3, 0.4) is 0 Å². The van der Waals surface area contributed by atoms with Crippen molar-refractivity contribution >= 4 is 17.6 Å². The molecule has 1 fully saturated rings. The van der Waals surface area contributed by atoms with E-state index in [0.29, 0.717) is 5.70 Å². The van der Waals surface area contributed by atoms with Gasteiger partial charge in [-0.2, -0.15) is 0 Å². The van der Waals surface area contributed by atoms with Gasteiger partial charge in [0.25, 0.3) is 0 Å². The number of piperazine rings is 1. The maximum absolute atomic E-state index is 11.1. The number of aliphatic hydroxyl groups excluding tert-OH is 1. The zero-order chi connectivity index (χ0) is 11.0. The Kier molecular flexibility index (Phi) is 2.86. The van der Waals surface area contributed by atoms with Crippen LogP contribution in [0.1, 0.15) is 0 Å². The van der Waals surface area contributed by atoms with Crippen molar-refractivity contribution in [2.24, 2.45) is 0 Å². The molecule has 0 aromatic carbocycles. The normalized spacial score (nSPS) is 28.6. The second kappa shape index (κ2) is 4.00. The molecule has 2 aliphatic rings. The van der Waals surface area contributed by atoms with E-state index in [1.54, 1.807) is 0 Å². The van der Waals surface area contributed by atoms with E-state index in [4.69, 9.17) is 11.6 Å². The molecule has 6 heteroatoms. The number of esters is 1. The summed E-state index contributed by atoms with van der Waals surface area (Å²) in [4.78, 5) is 15.2. The van der Waals surface area contributed by atoms with Crippen LogP contribution in [0, 0.1) is 0 Å². The summed E-state index contributed by atoms with van der Waals surface area (Å²) in [6.45, 7) is 3.26. The van der Waals surface area contributed by atoms with E-state index in [1.165, 1.54) is 0 Å². The molecule has 0 saturated carbocycles. The number of halogens is 1. The molecule has 0 aliphatic carbocycles. The summed E-state index contributed by atoms with van der Waals surface area (Å²) in [5.74, 6) is -0.641. The fourth-order valence-corrected chi connectivity index (χ4v) is 2.02. The summed E-state index contributed by atoms with van der Waals surface area (Å²) < 4.78 is 4.62. The molecule has 84 valence electrons. The topological polar surface area (TPSA) is 53.0 Å². The highest BCUT2D eigenvalue weighted by Gasteiger charge is 2.36. The molecule has 0 amide bonds. The molecule has 15 heavy (non-hydrogen) atoms. The number of carbonyl (C=O) groups excluding carboxylic acids is 1. The minimum Gasteiger partial charge on any atom is -0.425 e. The number of nitrogens with zero attached hydrogens (tertiary/aromatic N) is 2. The fraction of sp³-hybridized carbons (Fsp3) is 0.667. The van der Waals surface area contributed by atoms with Crippen LogP contribution in [0.25, 0.3) is 0 Å². The van der Waals surface area contributed by atoms with Crippen molar-refractivity contribution < 1.29 is 14.6 Å². The third-order valence-corrected chi connectivity index (χ3v) is 3.05. The fourth-order valence-electron chi connectivity index (χ4n) is 1.76. The molecular weight excluding hydrogens is 220 g/mol. The highest BCUT2D eigenvalue weighted by Crippen LogP contribution is 2.27. The quantitative estimate of drug-likeness (QED) is 0.622. The van der Waals surface area contributed by atoms with Crippen LogP contribution >= 0.6 is 11.6 Å². The van der Waals surface area contributed by atoms with Gasteiger partial charge in [0.2, 0.25) is 6.29 Å². The maximum atomic E-state index is 11.1. The lowest BCUT2D eigenvalue weighted by molar-refractivity contribution is -0.153. The average Bonchev–Trinajstić information content (AvgIpc) is 2.44. The van der Waals surface area contributed by atoms with Crippen molar-refractivity contribution in [1.82, 2.24) is 9.80 Å². The first-order valence-corrected chi connectivity index (χ1v) is 5.19. The minimum atomic E-state index is -1.20. The van der Waals surface area contributed by atoms with Gasteiger partial charge >= 0.3 is 5.97 Å². The van der Waals surface area contributed by atoms with Gasteiger partial charge in [0, 0.05) is 26.2 Å². The number of ether oxygens (including phenoxy) is 1. The van der Waals surface area contributed by atoms with Crippen LogP contribution in [0.4, 0.5) is 0 Å². The van der Waals surface area contributed by atoms with Gasteiger partial charge in [-0.25, -0.2) is 4.79 Å². The highest BCUT2D eigenvalue weighted by atomic mass is 35.5. The Morgan fingerprint density at radius 2 is 2.00 bits per heavy atom. The second-order valence-corrected chi connectivity index (χ2v) is 4.13. The Balaban J connectivity index is 2.13. The van der Waals surface area contributed by atoms with Gasteiger partial charge in [-0.05, 0) is 7.05 Å². The number of cyclic esters (lactones) is 1. The second-order valence-electron chi connectivity index (χ2n) is 3.75. The summed E-state index contributed by atoms with van der Waals surface area (Å²) in [5, 5.41) is 9.51. The average molecular weight is 233 g/mol. The molecule has 1 N–H and O–H groups in total. The third kappa shape index (κ3) is 1.95.